The molecule has 2 aromatic rings. The number of carbonyl (C=O) groups is 1. The Bertz CT molecular complexity index is 953. The number of benzene rings is 2. The summed E-state index contributed by atoms with van der Waals surface area (Å²) in [6, 6.07) is 14.5. The molecule has 0 spiro atoms. The largest absolute Gasteiger partial charge is 0.383 e. The lowest BCUT2D eigenvalue weighted by atomic mass is 10.2. The molecule has 0 aromatic heterocycles. The molecule has 1 fully saturated rings. The molecule has 1 atom stereocenters. The second kappa shape index (κ2) is 9.71. The Morgan fingerprint density at radius 1 is 1.24 bits per heavy atom. The van der Waals surface area contributed by atoms with Crippen molar-refractivity contribution < 1.29 is 17.9 Å². The third kappa shape index (κ3) is 5.57. The number of anilines is 1. The van der Waals surface area contributed by atoms with Crippen LogP contribution in [0.25, 0.3) is 0 Å². The lowest BCUT2D eigenvalue weighted by Crippen LogP contribution is -2.32. The molecule has 9 heteroatoms. The Morgan fingerprint density at radius 2 is 2.00 bits per heavy atom. The Kier molecular flexibility index (Phi) is 7.28. The maximum Gasteiger partial charge on any atom is 0.255 e. The SMILES string of the molecule is COCCNS(=O)(=O)c1ccc(Br)c(C(=O)N2CCC(Nc3ccccc3)C2)c1. The number of ether oxygens (including phenoxy) is 1. The highest BCUT2D eigenvalue weighted by molar-refractivity contribution is 9.10. The van der Waals surface area contributed by atoms with Gasteiger partial charge >= 0.3 is 0 Å². The number of sulfonamides is 1. The zero-order chi connectivity index (χ0) is 20.9. The number of halogens is 1. The summed E-state index contributed by atoms with van der Waals surface area (Å²) in [5.74, 6) is -0.192. The van der Waals surface area contributed by atoms with Gasteiger partial charge in [-0.15, -0.1) is 0 Å². The Balaban J connectivity index is 1.71. The molecule has 2 aromatic carbocycles. The van der Waals surface area contributed by atoms with Gasteiger partial charge in [0.2, 0.25) is 10.0 Å². The first-order valence-corrected chi connectivity index (χ1v) is 11.6. The van der Waals surface area contributed by atoms with Crippen LogP contribution in [0.5, 0.6) is 0 Å². The van der Waals surface area contributed by atoms with E-state index in [1.54, 1.807) is 11.0 Å². The fourth-order valence-corrected chi connectivity index (χ4v) is 4.65. The van der Waals surface area contributed by atoms with E-state index in [1.165, 1.54) is 19.2 Å². The molecule has 1 aliphatic heterocycles. The minimum absolute atomic E-state index is 0.0540. The number of nitrogens with one attached hydrogen (secondary N) is 2. The van der Waals surface area contributed by atoms with Crippen LogP contribution in [0.2, 0.25) is 0 Å². The average Bonchev–Trinajstić information content (AvgIpc) is 3.17. The van der Waals surface area contributed by atoms with Crippen LogP contribution in [0.4, 0.5) is 5.69 Å². The molecule has 1 amide bonds. The first-order chi connectivity index (χ1) is 13.9. The van der Waals surface area contributed by atoms with Gasteiger partial charge in [-0.2, -0.15) is 0 Å². The number of carbonyl (C=O) groups excluding carboxylic acids is 1. The predicted molar refractivity (Wildman–Crippen MR) is 116 cm³/mol. The number of hydrogen-bond donors (Lipinski definition) is 2. The monoisotopic (exact) mass is 481 g/mol. The molecule has 1 saturated heterocycles. The summed E-state index contributed by atoms with van der Waals surface area (Å²) in [5, 5.41) is 3.43. The molecule has 0 saturated carbocycles. The summed E-state index contributed by atoms with van der Waals surface area (Å²) in [5.41, 5.74) is 1.35. The summed E-state index contributed by atoms with van der Waals surface area (Å²) >= 11 is 3.38. The van der Waals surface area contributed by atoms with Gasteiger partial charge in [-0.05, 0) is 52.7 Å². The van der Waals surface area contributed by atoms with Gasteiger partial charge in [-0.3, -0.25) is 4.79 Å². The fraction of sp³-hybridized carbons (Fsp3) is 0.350. The van der Waals surface area contributed by atoms with Crippen molar-refractivity contribution in [2.75, 3.05) is 38.7 Å². The van der Waals surface area contributed by atoms with Crippen molar-refractivity contribution >= 4 is 37.5 Å². The maximum atomic E-state index is 13.0. The molecule has 156 valence electrons. The van der Waals surface area contributed by atoms with E-state index in [9.17, 15) is 13.2 Å². The van der Waals surface area contributed by atoms with Crippen LogP contribution in [0, 0.1) is 0 Å². The number of methoxy groups -OCH3 is 1. The van der Waals surface area contributed by atoms with E-state index in [2.05, 4.69) is 26.0 Å². The molecule has 0 bridgehead atoms. The smallest absolute Gasteiger partial charge is 0.255 e. The summed E-state index contributed by atoms with van der Waals surface area (Å²) in [7, 11) is -2.21. The van der Waals surface area contributed by atoms with E-state index in [0.717, 1.165) is 12.1 Å². The lowest BCUT2D eigenvalue weighted by Gasteiger charge is -2.19. The molecule has 1 aliphatic rings. The molecule has 0 radical (unpaired) electrons. The van der Waals surface area contributed by atoms with Crippen molar-refractivity contribution in [2.45, 2.75) is 17.4 Å². The van der Waals surface area contributed by atoms with Gasteiger partial charge in [-0.1, -0.05) is 18.2 Å². The van der Waals surface area contributed by atoms with Crippen molar-refractivity contribution in [3.8, 4) is 0 Å². The van der Waals surface area contributed by atoms with Crippen molar-refractivity contribution in [1.82, 2.24) is 9.62 Å². The summed E-state index contributed by atoms with van der Waals surface area (Å²) in [6.07, 6.45) is 0.828. The van der Waals surface area contributed by atoms with Crippen LogP contribution in [0.1, 0.15) is 16.8 Å². The lowest BCUT2D eigenvalue weighted by molar-refractivity contribution is 0.0790. The number of nitrogens with zero attached hydrogens (tertiary/aromatic N) is 1. The zero-order valence-electron chi connectivity index (χ0n) is 16.1. The molecule has 7 nitrogen and oxygen atoms in total. The fourth-order valence-electron chi connectivity index (χ4n) is 3.20. The van der Waals surface area contributed by atoms with Gasteiger partial charge in [0, 0.05) is 42.9 Å². The first-order valence-electron chi connectivity index (χ1n) is 9.30. The van der Waals surface area contributed by atoms with Gasteiger partial charge < -0.3 is 15.0 Å². The number of likely N-dealkylation sites (tertiary alicyclic amines) is 1. The molecule has 3 rings (SSSR count). The van der Waals surface area contributed by atoms with Crippen molar-refractivity contribution in [3.63, 3.8) is 0 Å². The number of rotatable bonds is 8. The summed E-state index contributed by atoms with van der Waals surface area (Å²) < 4.78 is 32.8. The van der Waals surface area contributed by atoms with Gasteiger partial charge in [0.25, 0.3) is 5.91 Å². The molecular formula is C20H24BrN3O4S. The van der Waals surface area contributed by atoms with E-state index in [-0.39, 0.29) is 30.0 Å². The Hall–Kier alpha value is -1.94. The first kappa shape index (κ1) is 21.8. The quantitative estimate of drug-likeness (QED) is 0.565. The topological polar surface area (TPSA) is 87.7 Å². The molecule has 0 aliphatic carbocycles. The molecule has 29 heavy (non-hydrogen) atoms. The normalized spacial score (nSPS) is 16.8. The number of hydrogen-bond acceptors (Lipinski definition) is 5. The summed E-state index contributed by atoms with van der Waals surface area (Å²) in [6.45, 7) is 1.60. The number of amides is 1. The van der Waals surface area contributed by atoms with Crippen LogP contribution < -0.4 is 10.0 Å². The van der Waals surface area contributed by atoms with E-state index in [0.29, 0.717) is 23.1 Å². The highest BCUT2D eigenvalue weighted by Crippen LogP contribution is 2.25. The standard InChI is InChI=1S/C20H24BrN3O4S/c1-28-12-10-22-29(26,27)17-7-8-19(21)18(13-17)20(25)24-11-9-16(14-24)23-15-5-3-2-4-6-15/h2-8,13,16,22-23H,9-12,14H2,1H3. The zero-order valence-corrected chi connectivity index (χ0v) is 18.5. The summed E-state index contributed by atoms with van der Waals surface area (Å²) in [4.78, 5) is 14.8. The second-order valence-electron chi connectivity index (χ2n) is 6.78. The van der Waals surface area contributed by atoms with Crippen LogP contribution in [0.3, 0.4) is 0 Å². The third-order valence-electron chi connectivity index (χ3n) is 4.70. The van der Waals surface area contributed by atoms with Gasteiger partial charge in [0.05, 0.1) is 17.1 Å². The minimum Gasteiger partial charge on any atom is -0.383 e. The van der Waals surface area contributed by atoms with Crippen LogP contribution in [-0.2, 0) is 14.8 Å². The maximum absolute atomic E-state index is 13.0. The van der Waals surface area contributed by atoms with E-state index >= 15 is 0 Å². The average molecular weight is 482 g/mol. The molecule has 1 unspecified atom stereocenters. The highest BCUT2D eigenvalue weighted by atomic mass is 79.9. The van der Waals surface area contributed by atoms with Crippen LogP contribution >= 0.6 is 15.9 Å². The Morgan fingerprint density at radius 3 is 2.72 bits per heavy atom. The van der Waals surface area contributed by atoms with Crippen molar-refractivity contribution in [2.24, 2.45) is 0 Å². The molecule has 2 N–H and O–H groups in total. The van der Waals surface area contributed by atoms with E-state index in [4.69, 9.17) is 4.74 Å². The third-order valence-corrected chi connectivity index (χ3v) is 6.85. The predicted octanol–water partition coefficient (Wildman–Crippen LogP) is 2.70. The highest BCUT2D eigenvalue weighted by Gasteiger charge is 2.29. The van der Waals surface area contributed by atoms with Gasteiger partial charge in [-0.25, -0.2) is 13.1 Å². The second-order valence-corrected chi connectivity index (χ2v) is 9.40. The molecule has 1 heterocycles. The van der Waals surface area contributed by atoms with E-state index < -0.39 is 10.0 Å². The molecular weight excluding hydrogens is 458 g/mol. The Labute approximate surface area is 179 Å². The van der Waals surface area contributed by atoms with Crippen LogP contribution in [-0.4, -0.2) is 58.6 Å². The van der Waals surface area contributed by atoms with Crippen molar-refractivity contribution in [3.05, 3.63) is 58.6 Å². The van der Waals surface area contributed by atoms with Crippen molar-refractivity contribution in [1.29, 1.82) is 0 Å². The number of para-hydroxylation sites is 1. The van der Waals surface area contributed by atoms with Gasteiger partial charge in [0.15, 0.2) is 0 Å². The van der Waals surface area contributed by atoms with Crippen LogP contribution in [0.15, 0.2) is 57.9 Å². The van der Waals surface area contributed by atoms with Gasteiger partial charge in [0.1, 0.15) is 0 Å². The van der Waals surface area contributed by atoms with E-state index in [1.807, 2.05) is 30.3 Å². The minimum atomic E-state index is -3.71.